The molecule has 0 saturated heterocycles. The van der Waals surface area contributed by atoms with Crippen molar-refractivity contribution in [3.63, 3.8) is 0 Å². The Balaban J connectivity index is 1.51. The molecule has 0 aliphatic carbocycles. The minimum Gasteiger partial charge on any atom is -0.333 e. The van der Waals surface area contributed by atoms with Gasteiger partial charge in [-0.05, 0) is 29.6 Å². The zero-order chi connectivity index (χ0) is 16.2. The normalized spacial score (nSPS) is 10.7. The molecule has 2 aromatic heterocycles. The molecule has 0 radical (unpaired) electrons. The van der Waals surface area contributed by atoms with Crippen molar-refractivity contribution in [2.24, 2.45) is 0 Å². The molecule has 6 nitrogen and oxygen atoms in total. The molecule has 0 fully saturated rings. The number of carbonyl (C=O) groups is 2. The van der Waals surface area contributed by atoms with Crippen molar-refractivity contribution in [3.05, 3.63) is 45.6 Å². The third kappa shape index (κ3) is 4.04. The van der Waals surface area contributed by atoms with E-state index in [9.17, 15) is 9.59 Å². The molecule has 0 unspecified atom stereocenters. The fourth-order valence-electron chi connectivity index (χ4n) is 1.79. The Morgan fingerprint density at radius 2 is 2.17 bits per heavy atom. The van der Waals surface area contributed by atoms with Crippen LogP contribution in [0.3, 0.4) is 0 Å². The summed E-state index contributed by atoms with van der Waals surface area (Å²) in [6, 6.07) is 8.78. The molecule has 118 valence electrons. The van der Waals surface area contributed by atoms with Gasteiger partial charge in [0.15, 0.2) is 5.16 Å². The van der Waals surface area contributed by atoms with E-state index in [0.29, 0.717) is 15.1 Å². The standard InChI is InChI=1S/C14H11ClN4O2S2/c15-8-3-4-9-10(6-8)17-14(16-9)23-7-12(20)18-19-13(21)11-2-1-5-22-11/h1-6H,7H2,(H,16,17)(H,18,20)(H,19,21). The van der Waals surface area contributed by atoms with Crippen molar-refractivity contribution in [3.8, 4) is 0 Å². The number of hydrazine groups is 1. The summed E-state index contributed by atoms with van der Waals surface area (Å²) in [4.78, 5) is 31.4. The molecule has 3 N–H and O–H groups in total. The van der Waals surface area contributed by atoms with Gasteiger partial charge in [0.1, 0.15) is 0 Å². The second-order valence-corrected chi connectivity index (χ2v) is 6.82. The summed E-state index contributed by atoms with van der Waals surface area (Å²) in [5, 5.41) is 3.02. The number of amides is 2. The Labute approximate surface area is 144 Å². The summed E-state index contributed by atoms with van der Waals surface area (Å²) in [6.45, 7) is 0. The number of aromatic amines is 1. The van der Waals surface area contributed by atoms with Crippen LogP contribution < -0.4 is 10.9 Å². The van der Waals surface area contributed by atoms with Gasteiger partial charge in [-0.25, -0.2) is 4.98 Å². The minimum absolute atomic E-state index is 0.123. The highest BCUT2D eigenvalue weighted by atomic mass is 35.5. The number of H-pyrrole nitrogens is 1. The number of carbonyl (C=O) groups excluding carboxylic acids is 2. The van der Waals surface area contributed by atoms with Crippen molar-refractivity contribution >= 4 is 57.5 Å². The number of imidazole rings is 1. The van der Waals surface area contributed by atoms with Gasteiger partial charge in [-0.1, -0.05) is 29.4 Å². The smallest absolute Gasteiger partial charge is 0.279 e. The molecular formula is C14H11ClN4O2S2. The van der Waals surface area contributed by atoms with Crippen molar-refractivity contribution < 1.29 is 9.59 Å². The average Bonchev–Trinajstić information content (AvgIpc) is 3.19. The maximum atomic E-state index is 11.8. The number of aromatic nitrogens is 2. The van der Waals surface area contributed by atoms with Crippen LogP contribution in [0.1, 0.15) is 9.67 Å². The SMILES string of the molecule is O=C(CSc1nc2ccc(Cl)cc2[nH]1)NNC(=O)c1cccs1. The highest BCUT2D eigenvalue weighted by Gasteiger charge is 2.10. The minimum atomic E-state index is -0.336. The molecule has 0 aliphatic heterocycles. The molecule has 9 heteroatoms. The Morgan fingerprint density at radius 1 is 1.30 bits per heavy atom. The Bertz CT molecular complexity index is 848. The van der Waals surface area contributed by atoms with E-state index in [2.05, 4.69) is 20.8 Å². The van der Waals surface area contributed by atoms with Crippen LogP contribution in [-0.4, -0.2) is 27.5 Å². The van der Waals surface area contributed by atoms with E-state index in [0.717, 1.165) is 11.0 Å². The van der Waals surface area contributed by atoms with E-state index < -0.39 is 0 Å². The number of benzene rings is 1. The van der Waals surface area contributed by atoms with Gasteiger partial charge in [-0.2, -0.15) is 0 Å². The molecule has 0 spiro atoms. The first kappa shape index (κ1) is 15.9. The predicted octanol–water partition coefficient (Wildman–Crippen LogP) is 2.83. The van der Waals surface area contributed by atoms with Crippen LogP contribution in [0.4, 0.5) is 0 Å². The van der Waals surface area contributed by atoms with Crippen LogP contribution in [0, 0.1) is 0 Å². The van der Waals surface area contributed by atoms with Gasteiger partial charge in [-0.3, -0.25) is 20.4 Å². The number of halogens is 1. The number of thioether (sulfide) groups is 1. The summed E-state index contributed by atoms with van der Waals surface area (Å²) in [6.07, 6.45) is 0. The van der Waals surface area contributed by atoms with Crippen molar-refractivity contribution in [1.82, 2.24) is 20.8 Å². The lowest BCUT2D eigenvalue weighted by Crippen LogP contribution is -2.42. The topological polar surface area (TPSA) is 86.9 Å². The van der Waals surface area contributed by atoms with Gasteiger partial charge in [0, 0.05) is 5.02 Å². The van der Waals surface area contributed by atoms with Crippen LogP contribution in [0.15, 0.2) is 40.9 Å². The number of fused-ring (bicyclic) bond motifs is 1. The van der Waals surface area contributed by atoms with Crippen LogP contribution in [0.25, 0.3) is 11.0 Å². The first-order valence-electron chi connectivity index (χ1n) is 6.52. The van der Waals surface area contributed by atoms with Crippen molar-refractivity contribution in [2.45, 2.75) is 5.16 Å². The molecule has 2 amide bonds. The quantitative estimate of drug-likeness (QED) is 0.489. The summed E-state index contributed by atoms with van der Waals surface area (Å²) in [5.41, 5.74) is 6.33. The highest BCUT2D eigenvalue weighted by molar-refractivity contribution is 7.99. The molecule has 3 aromatic rings. The van der Waals surface area contributed by atoms with Crippen LogP contribution in [0.2, 0.25) is 5.02 Å². The number of nitrogens with one attached hydrogen (secondary N) is 3. The van der Waals surface area contributed by atoms with Gasteiger partial charge in [0.25, 0.3) is 5.91 Å². The molecule has 23 heavy (non-hydrogen) atoms. The summed E-state index contributed by atoms with van der Waals surface area (Å²) < 4.78 is 0. The van der Waals surface area contributed by atoms with E-state index in [4.69, 9.17) is 11.6 Å². The zero-order valence-corrected chi connectivity index (χ0v) is 14.0. The van der Waals surface area contributed by atoms with Gasteiger partial charge in [0.2, 0.25) is 5.91 Å². The molecular weight excluding hydrogens is 356 g/mol. The van der Waals surface area contributed by atoms with Crippen LogP contribution >= 0.6 is 34.7 Å². The third-order valence-electron chi connectivity index (χ3n) is 2.82. The van der Waals surface area contributed by atoms with E-state index in [1.165, 1.54) is 23.1 Å². The number of thiophene rings is 1. The van der Waals surface area contributed by atoms with Gasteiger partial charge in [0.05, 0.1) is 21.7 Å². The first-order valence-corrected chi connectivity index (χ1v) is 8.77. The van der Waals surface area contributed by atoms with E-state index >= 15 is 0 Å². The number of hydrogen-bond acceptors (Lipinski definition) is 5. The summed E-state index contributed by atoms with van der Waals surface area (Å²) >= 11 is 8.45. The van der Waals surface area contributed by atoms with E-state index in [1.807, 2.05) is 0 Å². The van der Waals surface area contributed by atoms with Gasteiger partial charge in [-0.15, -0.1) is 11.3 Å². The summed E-state index contributed by atoms with van der Waals surface area (Å²) in [5.74, 6) is -0.534. The molecule has 2 heterocycles. The number of nitrogens with zero attached hydrogens (tertiary/aromatic N) is 1. The molecule has 1 aromatic carbocycles. The zero-order valence-electron chi connectivity index (χ0n) is 11.6. The average molecular weight is 367 g/mol. The first-order chi connectivity index (χ1) is 11.1. The molecule has 0 saturated carbocycles. The monoisotopic (exact) mass is 366 g/mol. The number of hydrogen-bond donors (Lipinski definition) is 3. The van der Waals surface area contributed by atoms with Crippen LogP contribution in [0.5, 0.6) is 0 Å². The lowest BCUT2D eigenvalue weighted by molar-refractivity contribution is -0.119. The maximum absolute atomic E-state index is 11.8. The Kier molecular flexibility index (Phi) is 4.85. The highest BCUT2D eigenvalue weighted by Crippen LogP contribution is 2.21. The fourth-order valence-corrected chi connectivity index (χ4v) is 3.27. The lowest BCUT2D eigenvalue weighted by Gasteiger charge is -2.05. The predicted molar refractivity (Wildman–Crippen MR) is 91.8 cm³/mol. The molecule has 0 aliphatic rings. The van der Waals surface area contributed by atoms with Crippen molar-refractivity contribution in [1.29, 1.82) is 0 Å². The second kappa shape index (κ2) is 7.03. The largest absolute Gasteiger partial charge is 0.333 e. The third-order valence-corrected chi connectivity index (χ3v) is 4.80. The fraction of sp³-hybridized carbons (Fsp3) is 0.0714. The maximum Gasteiger partial charge on any atom is 0.279 e. The Hall–Kier alpha value is -2.03. The van der Waals surface area contributed by atoms with E-state index in [1.54, 1.807) is 35.7 Å². The van der Waals surface area contributed by atoms with E-state index in [-0.39, 0.29) is 17.6 Å². The van der Waals surface area contributed by atoms with Crippen molar-refractivity contribution in [2.75, 3.05) is 5.75 Å². The molecule has 3 rings (SSSR count). The molecule has 0 atom stereocenters. The molecule has 0 bridgehead atoms. The second-order valence-electron chi connectivity index (χ2n) is 4.47. The van der Waals surface area contributed by atoms with Gasteiger partial charge < -0.3 is 4.98 Å². The number of rotatable bonds is 4. The lowest BCUT2D eigenvalue weighted by atomic mass is 10.3. The van der Waals surface area contributed by atoms with Crippen LogP contribution in [-0.2, 0) is 4.79 Å². The Morgan fingerprint density at radius 3 is 2.96 bits per heavy atom. The van der Waals surface area contributed by atoms with Gasteiger partial charge >= 0.3 is 0 Å². The summed E-state index contributed by atoms with van der Waals surface area (Å²) in [7, 11) is 0.